The Morgan fingerprint density at radius 1 is 1.11 bits per heavy atom. The van der Waals surface area contributed by atoms with Gasteiger partial charge in [-0.05, 0) is 24.5 Å². The number of hydrogen-bond acceptors (Lipinski definition) is 4. The molecule has 1 saturated heterocycles. The number of amides is 3. The Morgan fingerprint density at radius 2 is 1.79 bits per heavy atom. The number of imide groups is 1. The summed E-state index contributed by atoms with van der Waals surface area (Å²) in [6.45, 7) is 0.0988. The molecule has 7 nitrogen and oxygen atoms in total. The number of rotatable bonds is 5. The third-order valence-electron chi connectivity index (χ3n) is 5.16. The topological polar surface area (TPSA) is 84.3 Å². The van der Waals surface area contributed by atoms with Crippen LogP contribution in [0.2, 0.25) is 5.02 Å². The Balaban J connectivity index is 1.43. The number of likely N-dealkylation sites (tertiary alicyclic amines) is 1. The SMILES string of the molecule is O=C(CN1C(=O)C2CC=CCC2C1=O)Nc1ccnn1Cc1ccccc1Cl. The van der Waals surface area contributed by atoms with Crippen molar-refractivity contribution in [1.29, 1.82) is 0 Å². The van der Waals surface area contributed by atoms with Gasteiger partial charge in [-0.3, -0.25) is 19.3 Å². The van der Waals surface area contributed by atoms with Crippen LogP contribution in [0.25, 0.3) is 0 Å². The molecule has 144 valence electrons. The predicted octanol–water partition coefficient (Wildman–Crippen LogP) is 2.47. The third-order valence-corrected chi connectivity index (χ3v) is 5.53. The van der Waals surface area contributed by atoms with Crippen molar-refractivity contribution in [3.8, 4) is 0 Å². The van der Waals surface area contributed by atoms with Crippen LogP contribution in [0.4, 0.5) is 5.82 Å². The van der Waals surface area contributed by atoms with E-state index in [0.29, 0.717) is 30.2 Å². The van der Waals surface area contributed by atoms with E-state index >= 15 is 0 Å². The van der Waals surface area contributed by atoms with Crippen LogP contribution in [0.5, 0.6) is 0 Å². The van der Waals surface area contributed by atoms with Gasteiger partial charge < -0.3 is 5.32 Å². The van der Waals surface area contributed by atoms with Gasteiger partial charge in [0.1, 0.15) is 12.4 Å². The summed E-state index contributed by atoms with van der Waals surface area (Å²) in [5.74, 6) is -1.16. The van der Waals surface area contributed by atoms with Crippen LogP contribution in [0.1, 0.15) is 18.4 Å². The lowest BCUT2D eigenvalue weighted by Gasteiger charge is -2.15. The predicted molar refractivity (Wildman–Crippen MR) is 103 cm³/mol. The second-order valence-corrected chi connectivity index (χ2v) is 7.34. The molecule has 2 unspecified atom stereocenters. The van der Waals surface area contributed by atoms with Crippen LogP contribution in [-0.2, 0) is 20.9 Å². The van der Waals surface area contributed by atoms with Crippen LogP contribution in [0, 0.1) is 11.8 Å². The van der Waals surface area contributed by atoms with E-state index < -0.39 is 5.91 Å². The Bertz CT molecular complexity index is 942. The highest BCUT2D eigenvalue weighted by molar-refractivity contribution is 6.31. The van der Waals surface area contributed by atoms with E-state index in [1.807, 2.05) is 30.4 Å². The summed E-state index contributed by atoms with van der Waals surface area (Å²) in [5, 5.41) is 7.56. The standard InChI is InChI=1S/C20H19ClN4O3/c21-16-8-4-1-5-13(16)11-25-17(9-10-22-25)23-18(26)12-24-19(27)14-6-2-3-7-15(14)20(24)28/h1-5,8-10,14-15H,6-7,11-12H2,(H,23,26). The number of fused-ring (bicyclic) bond motifs is 1. The number of carbonyl (C=O) groups excluding carboxylic acids is 3. The molecule has 0 saturated carbocycles. The summed E-state index contributed by atoms with van der Waals surface area (Å²) in [7, 11) is 0. The monoisotopic (exact) mass is 398 g/mol. The number of nitrogens with one attached hydrogen (secondary N) is 1. The summed E-state index contributed by atoms with van der Waals surface area (Å²) < 4.78 is 1.61. The molecule has 1 fully saturated rings. The van der Waals surface area contributed by atoms with Crippen LogP contribution in [0.3, 0.4) is 0 Å². The number of anilines is 1. The van der Waals surface area contributed by atoms with Crippen LogP contribution < -0.4 is 5.32 Å². The second kappa shape index (κ2) is 7.59. The zero-order valence-electron chi connectivity index (χ0n) is 15.0. The maximum Gasteiger partial charge on any atom is 0.245 e. The van der Waals surface area contributed by atoms with Gasteiger partial charge in [0.25, 0.3) is 0 Å². The van der Waals surface area contributed by atoms with E-state index in [-0.39, 0.29) is 30.2 Å². The number of nitrogens with zero attached hydrogens (tertiary/aromatic N) is 3. The fourth-order valence-corrected chi connectivity index (χ4v) is 3.90. The highest BCUT2D eigenvalue weighted by Gasteiger charge is 2.47. The molecule has 0 bridgehead atoms. The number of carbonyl (C=O) groups is 3. The normalized spacial score (nSPS) is 21.1. The first kappa shape index (κ1) is 18.4. The largest absolute Gasteiger partial charge is 0.309 e. The molecule has 1 N–H and O–H groups in total. The van der Waals surface area contributed by atoms with Gasteiger partial charge in [-0.15, -0.1) is 0 Å². The molecule has 1 aromatic carbocycles. The average Bonchev–Trinajstić information content (AvgIpc) is 3.22. The number of allylic oxidation sites excluding steroid dienone is 2. The minimum atomic E-state index is -0.436. The molecular weight excluding hydrogens is 380 g/mol. The van der Waals surface area contributed by atoms with Crippen molar-refractivity contribution in [1.82, 2.24) is 14.7 Å². The number of halogens is 1. The molecule has 2 aromatic rings. The molecule has 8 heteroatoms. The third kappa shape index (κ3) is 3.45. The van der Waals surface area contributed by atoms with Crippen LogP contribution in [0.15, 0.2) is 48.7 Å². The van der Waals surface area contributed by atoms with Crippen LogP contribution >= 0.6 is 11.6 Å². The fraction of sp³-hybridized carbons (Fsp3) is 0.300. The molecule has 1 aliphatic carbocycles. The molecular formula is C20H19ClN4O3. The van der Waals surface area contributed by atoms with Gasteiger partial charge in [0.15, 0.2) is 0 Å². The van der Waals surface area contributed by atoms with Gasteiger partial charge in [-0.1, -0.05) is 42.0 Å². The van der Waals surface area contributed by atoms with Crippen molar-refractivity contribution in [3.05, 3.63) is 59.3 Å². The molecule has 3 amide bonds. The van der Waals surface area contributed by atoms with Crippen molar-refractivity contribution in [3.63, 3.8) is 0 Å². The van der Waals surface area contributed by atoms with Gasteiger partial charge >= 0.3 is 0 Å². The van der Waals surface area contributed by atoms with Crippen molar-refractivity contribution >= 4 is 35.1 Å². The van der Waals surface area contributed by atoms with Crippen molar-refractivity contribution in [2.45, 2.75) is 19.4 Å². The van der Waals surface area contributed by atoms with Gasteiger partial charge in [-0.2, -0.15) is 5.10 Å². The van der Waals surface area contributed by atoms with E-state index in [1.54, 1.807) is 23.0 Å². The van der Waals surface area contributed by atoms with Gasteiger partial charge in [-0.25, -0.2) is 4.68 Å². The summed E-state index contributed by atoms with van der Waals surface area (Å²) in [6, 6.07) is 9.05. The van der Waals surface area contributed by atoms with E-state index in [0.717, 1.165) is 10.5 Å². The minimum Gasteiger partial charge on any atom is -0.309 e. The lowest BCUT2D eigenvalue weighted by atomic mass is 9.85. The van der Waals surface area contributed by atoms with Crippen molar-refractivity contribution in [2.24, 2.45) is 11.8 Å². The van der Waals surface area contributed by atoms with Gasteiger partial charge in [0.05, 0.1) is 24.6 Å². The van der Waals surface area contributed by atoms with E-state index in [2.05, 4.69) is 10.4 Å². The highest BCUT2D eigenvalue weighted by Crippen LogP contribution is 2.34. The van der Waals surface area contributed by atoms with Crippen molar-refractivity contribution in [2.75, 3.05) is 11.9 Å². The first-order valence-electron chi connectivity index (χ1n) is 9.10. The van der Waals surface area contributed by atoms with E-state index in [9.17, 15) is 14.4 Å². The zero-order chi connectivity index (χ0) is 19.7. The van der Waals surface area contributed by atoms with Crippen molar-refractivity contribution < 1.29 is 14.4 Å². The lowest BCUT2D eigenvalue weighted by Crippen LogP contribution is -2.38. The van der Waals surface area contributed by atoms with E-state index in [1.165, 1.54) is 0 Å². The Kier molecular flexibility index (Phi) is 5.00. The van der Waals surface area contributed by atoms with Crippen LogP contribution in [-0.4, -0.2) is 38.9 Å². The Morgan fingerprint density at radius 3 is 2.46 bits per heavy atom. The smallest absolute Gasteiger partial charge is 0.245 e. The molecule has 0 radical (unpaired) electrons. The number of aromatic nitrogens is 2. The molecule has 1 aliphatic heterocycles. The minimum absolute atomic E-state index is 0.265. The number of hydrogen-bond donors (Lipinski definition) is 1. The summed E-state index contributed by atoms with van der Waals surface area (Å²) in [5.41, 5.74) is 0.866. The lowest BCUT2D eigenvalue weighted by molar-refractivity contribution is -0.142. The molecule has 0 spiro atoms. The Hall–Kier alpha value is -2.93. The molecule has 2 aliphatic rings. The summed E-state index contributed by atoms with van der Waals surface area (Å²) >= 11 is 6.19. The fourth-order valence-electron chi connectivity index (χ4n) is 3.70. The zero-order valence-corrected chi connectivity index (χ0v) is 15.8. The average molecular weight is 399 g/mol. The number of benzene rings is 1. The summed E-state index contributed by atoms with van der Waals surface area (Å²) in [6.07, 6.45) is 6.52. The van der Waals surface area contributed by atoms with Gasteiger partial charge in [0, 0.05) is 11.1 Å². The molecule has 4 rings (SSSR count). The highest BCUT2D eigenvalue weighted by atomic mass is 35.5. The molecule has 2 heterocycles. The first-order valence-corrected chi connectivity index (χ1v) is 9.47. The maximum absolute atomic E-state index is 12.5. The molecule has 28 heavy (non-hydrogen) atoms. The quantitative estimate of drug-likeness (QED) is 0.619. The van der Waals surface area contributed by atoms with E-state index in [4.69, 9.17) is 11.6 Å². The molecule has 2 atom stereocenters. The van der Waals surface area contributed by atoms with Gasteiger partial charge in [0.2, 0.25) is 17.7 Å². The summed E-state index contributed by atoms with van der Waals surface area (Å²) in [4.78, 5) is 38.6. The molecule has 1 aromatic heterocycles. The maximum atomic E-state index is 12.5. The second-order valence-electron chi connectivity index (χ2n) is 6.93. The Labute approximate surface area is 167 Å². The first-order chi connectivity index (χ1) is 13.5.